The molecule has 0 radical (unpaired) electrons. The number of anilines is 2. The number of benzene rings is 1. The molecule has 1 aliphatic heterocycles. The summed E-state index contributed by atoms with van der Waals surface area (Å²) in [5.74, 6) is 0.134. The molecule has 1 aliphatic rings. The second kappa shape index (κ2) is 4.05. The van der Waals surface area contributed by atoms with Crippen molar-refractivity contribution in [1.82, 2.24) is 10.3 Å². The molecule has 1 aromatic carbocycles. The molecule has 0 fully saturated rings. The molecule has 0 saturated heterocycles. The fourth-order valence-electron chi connectivity index (χ4n) is 1.77. The first kappa shape index (κ1) is 11.1. The zero-order valence-corrected chi connectivity index (χ0v) is 9.53. The molecule has 0 atom stereocenters. The monoisotopic (exact) mass is 260 g/mol. The Morgan fingerprint density at radius 3 is 2.95 bits per heavy atom. The largest absolute Gasteiger partial charge is 0.379 e. The van der Waals surface area contributed by atoms with E-state index in [2.05, 4.69) is 25.3 Å². The minimum atomic E-state index is -0.476. The van der Waals surface area contributed by atoms with Crippen molar-refractivity contribution in [1.29, 1.82) is 0 Å². The first-order valence-electron chi connectivity index (χ1n) is 5.33. The van der Waals surface area contributed by atoms with E-state index in [0.29, 0.717) is 29.3 Å². The third-order valence-corrected chi connectivity index (χ3v) is 2.68. The maximum atomic E-state index is 10.7. The van der Waals surface area contributed by atoms with Crippen molar-refractivity contribution in [2.75, 3.05) is 17.6 Å². The number of nitrogens with one attached hydrogen (secondary N) is 1. The Bertz CT molecular complexity index is 692. The molecule has 3 rings (SSSR count). The van der Waals surface area contributed by atoms with Crippen LogP contribution in [0.4, 0.5) is 22.9 Å². The zero-order chi connectivity index (χ0) is 13.4. The molecule has 0 unspecified atom stereocenters. The van der Waals surface area contributed by atoms with Crippen molar-refractivity contribution in [3.63, 3.8) is 0 Å². The lowest BCUT2D eigenvalue weighted by Crippen LogP contribution is -2.20. The van der Waals surface area contributed by atoms with Crippen molar-refractivity contribution in [3.05, 3.63) is 34.0 Å². The minimum Gasteiger partial charge on any atom is -0.379 e. The number of nitrogens with zero attached hydrogens (tertiary/aromatic N) is 4. The maximum absolute atomic E-state index is 10.7. The number of non-ortho nitro benzene ring substituents is 1. The van der Waals surface area contributed by atoms with Gasteiger partial charge in [-0.3, -0.25) is 10.1 Å². The van der Waals surface area contributed by atoms with Crippen molar-refractivity contribution < 1.29 is 9.55 Å². The summed E-state index contributed by atoms with van der Waals surface area (Å²) >= 11 is 0. The summed E-state index contributed by atoms with van der Waals surface area (Å²) in [6.07, 6.45) is 0. The van der Waals surface area contributed by atoms with Crippen LogP contribution in [0.1, 0.15) is 5.69 Å². The lowest BCUT2D eigenvalue weighted by atomic mass is 10.1. The highest BCUT2D eigenvalue weighted by Gasteiger charge is 2.20. The van der Waals surface area contributed by atoms with Crippen LogP contribution in [0.2, 0.25) is 0 Å². The van der Waals surface area contributed by atoms with Crippen LogP contribution in [0, 0.1) is 10.1 Å². The molecule has 3 N–H and O–H groups in total. The van der Waals surface area contributed by atoms with E-state index in [4.69, 9.17) is 5.73 Å². The molecule has 96 valence electrons. The van der Waals surface area contributed by atoms with Gasteiger partial charge in [0.15, 0.2) is 11.5 Å². The summed E-state index contributed by atoms with van der Waals surface area (Å²) in [5, 5.41) is 20.9. The van der Waals surface area contributed by atoms with E-state index in [1.807, 2.05) is 0 Å². The number of nitro groups is 1. The topological polar surface area (TPSA) is 132 Å². The summed E-state index contributed by atoms with van der Waals surface area (Å²) in [6, 6.07) is 4.40. The maximum Gasteiger partial charge on any atom is 0.271 e. The number of hydrogen-bond acceptors (Lipinski definition) is 8. The van der Waals surface area contributed by atoms with Gasteiger partial charge in [-0.2, -0.15) is 0 Å². The Balaban J connectivity index is 2.06. The number of hydrogen-bond donors (Lipinski definition) is 2. The predicted molar refractivity (Wildman–Crippen MR) is 66.5 cm³/mol. The fourth-order valence-corrected chi connectivity index (χ4v) is 1.77. The van der Waals surface area contributed by atoms with Gasteiger partial charge in [0.05, 0.1) is 28.6 Å². The highest BCUT2D eigenvalue weighted by Crippen LogP contribution is 2.32. The predicted octanol–water partition coefficient (Wildman–Crippen LogP) is 1.11. The second-order valence-corrected chi connectivity index (χ2v) is 3.87. The molecule has 0 saturated carbocycles. The molecule has 19 heavy (non-hydrogen) atoms. The lowest BCUT2D eigenvalue weighted by molar-refractivity contribution is -0.384. The van der Waals surface area contributed by atoms with Crippen molar-refractivity contribution >= 4 is 28.6 Å². The number of nitrogen functional groups attached to an aromatic ring is 1. The van der Waals surface area contributed by atoms with E-state index in [1.54, 1.807) is 6.07 Å². The van der Waals surface area contributed by atoms with Gasteiger partial charge in [0, 0.05) is 12.1 Å². The summed E-state index contributed by atoms with van der Waals surface area (Å²) in [5.41, 5.74) is 7.58. The van der Waals surface area contributed by atoms with Crippen LogP contribution in [0.15, 0.2) is 27.8 Å². The minimum absolute atomic E-state index is 0.0307. The third kappa shape index (κ3) is 1.86. The van der Waals surface area contributed by atoms with E-state index in [0.717, 1.165) is 0 Å². The number of nitrogens with two attached hydrogens (primary N) is 1. The molecular formula is C10H8N6O3. The lowest BCUT2D eigenvalue weighted by Gasteiger charge is -2.15. The van der Waals surface area contributed by atoms with Crippen LogP contribution in [-0.2, 0) is 0 Å². The molecule has 9 nitrogen and oxygen atoms in total. The van der Waals surface area contributed by atoms with Gasteiger partial charge < -0.3 is 11.1 Å². The molecule has 0 spiro atoms. The Morgan fingerprint density at radius 1 is 1.42 bits per heavy atom. The van der Waals surface area contributed by atoms with Crippen LogP contribution >= 0.6 is 0 Å². The van der Waals surface area contributed by atoms with Crippen LogP contribution in [0.3, 0.4) is 0 Å². The Labute approximate surface area is 106 Å². The van der Waals surface area contributed by atoms with Gasteiger partial charge in [-0.15, -0.1) is 0 Å². The van der Waals surface area contributed by atoms with Crippen molar-refractivity contribution in [2.24, 2.45) is 4.99 Å². The molecule has 2 heterocycles. The van der Waals surface area contributed by atoms with Gasteiger partial charge >= 0.3 is 0 Å². The van der Waals surface area contributed by atoms with Crippen LogP contribution in [-0.4, -0.2) is 27.5 Å². The number of rotatable bonds is 2. The Morgan fingerprint density at radius 2 is 2.26 bits per heavy atom. The number of aromatic nitrogens is 2. The highest BCUT2D eigenvalue weighted by atomic mass is 16.6. The number of fused-ring (bicyclic) bond motifs is 1. The van der Waals surface area contributed by atoms with E-state index in [9.17, 15) is 10.1 Å². The van der Waals surface area contributed by atoms with E-state index >= 15 is 0 Å². The quantitative estimate of drug-likeness (QED) is 0.610. The summed E-state index contributed by atoms with van der Waals surface area (Å²) in [4.78, 5) is 14.6. The van der Waals surface area contributed by atoms with Gasteiger partial charge in [-0.1, -0.05) is 0 Å². The smallest absolute Gasteiger partial charge is 0.271 e. The molecule has 0 aliphatic carbocycles. The molecule has 9 heteroatoms. The average molecular weight is 260 g/mol. The fraction of sp³-hybridized carbons (Fsp3) is 0.100. The van der Waals surface area contributed by atoms with Gasteiger partial charge in [0.2, 0.25) is 0 Å². The van der Waals surface area contributed by atoms with Crippen molar-refractivity contribution in [2.45, 2.75) is 0 Å². The van der Waals surface area contributed by atoms with E-state index < -0.39 is 4.92 Å². The van der Waals surface area contributed by atoms with Crippen LogP contribution in [0.25, 0.3) is 0 Å². The Kier molecular flexibility index (Phi) is 2.37. The van der Waals surface area contributed by atoms with Crippen molar-refractivity contribution in [3.8, 4) is 0 Å². The molecule has 2 aromatic rings. The van der Waals surface area contributed by atoms with Crippen LogP contribution in [0.5, 0.6) is 0 Å². The first-order valence-corrected chi connectivity index (χ1v) is 5.33. The number of aliphatic imine (C=N–C) groups is 1. The summed E-state index contributed by atoms with van der Waals surface area (Å²) in [6.45, 7) is 0.392. The molecule has 0 bridgehead atoms. The standard InChI is InChI=1S/C10H8N6O3/c11-10-9(14-19-15-10)8-4-12-6-2-1-5(16(17)18)3-7(6)13-8/h1-3,12H,4H2,(H2,11,15). The Hall–Kier alpha value is -2.97. The zero-order valence-electron chi connectivity index (χ0n) is 9.53. The second-order valence-electron chi connectivity index (χ2n) is 3.87. The SMILES string of the molecule is Nc1nonc1C1=Nc2cc([N+](=O)[O-])ccc2NC1. The summed E-state index contributed by atoms with van der Waals surface area (Å²) < 4.78 is 4.51. The third-order valence-electron chi connectivity index (χ3n) is 2.68. The van der Waals surface area contributed by atoms with Gasteiger partial charge in [0.1, 0.15) is 0 Å². The molecule has 0 amide bonds. The van der Waals surface area contributed by atoms with E-state index in [-0.39, 0.29) is 11.5 Å². The number of nitro benzene ring substituents is 1. The highest BCUT2D eigenvalue weighted by molar-refractivity contribution is 6.08. The van der Waals surface area contributed by atoms with Crippen LogP contribution < -0.4 is 11.1 Å². The summed E-state index contributed by atoms with van der Waals surface area (Å²) in [7, 11) is 0. The molecular weight excluding hydrogens is 252 g/mol. The normalized spacial score (nSPS) is 13.4. The van der Waals surface area contributed by atoms with Gasteiger partial charge in [-0.05, 0) is 16.4 Å². The first-order chi connectivity index (χ1) is 9.15. The molecule has 1 aromatic heterocycles. The van der Waals surface area contributed by atoms with E-state index in [1.165, 1.54) is 12.1 Å². The van der Waals surface area contributed by atoms with Gasteiger partial charge in [-0.25, -0.2) is 9.62 Å². The van der Waals surface area contributed by atoms with Gasteiger partial charge in [0.25, 0.3) is 5.69 Å². The average Bonchev–Trinajstić information content (AvgIpc) is 2.83.